The molecule has 0 radical (unpaired) electrons. The average molecular weight is 282 g/mol. The van der Waals surface area contributed by atoms with Crippen LogP contribution in [0.1, 0.15) is 37.8 Å². The van der Waals surface area contributed by atoms with Gasteiger partial charge in [0.1, 0.15) is 11.6 Å². The number of benzene rings is 1. The highest BCUT2D eigenvalue weighted by Gasteiger charge is 2.32. The molecule has 1 aromatic carbocycles. The zero-order valence-electron chi connectivity index (χ0n) is 12.3. The number of piperidine rings is 1. The summed E-state index contributed by atoms with van der Waals surface area (Å²) in [5, 5.41) is 3.21. The van der Waals surface area contributed by atoms with Crippen molar-refractivity contribution in [2.24, 2.45) is 5.92 Å². The highest BCUT2D eigenvalue weighted by molar-refractivity contribution is 5.23. The van der Waals surface area contributed by atoms with E-state index in [4.69, 9.17) is 0 Å². The quantitative estimate of drug-likeness (QED) is 0.891. The van der Waals surface area contributed by atoms with Crippen LogP contribution in [0.5, 0.6) is 0 Å². The fourth-order valence-electron chi connectivity index (χ4n) is 3.39. The number of hydrogen-bond donors (Lipinski definition) is 1. The predicted molar refractivity (Wildman–Crippen MR) is 77.6 cm³/mol. The Hall–Kier alpha value is -1.00. The van der Waals surface area contributed by atoms with Crippen molar-refractivity contribution >= 4 is 0 Å². The fourth-order valence-corrected chi connectivity index (χ4v) is 3.39. The highest BCUT2D eigenvalue weighted by Crippen LogP contribution is 2.36. The SMILES string of the molecule is CCCN1CCCC(CNC)C1c1cc(F)cc(F)c1. The number of halogens is 2. The molecule has 1 saturated heterocycles. The summed E-state index contributed by atoms with van der Waals surface area (Å²) in [5.74, 6) is -0.558. The summed E-state index contributed by atoms with van der Waals surface area (Å²) >= 11 is 0. The standard InChI is InChI=1S/C16H24F2N2/c1-3-6-20-7-4-5-12(11-19-2)16(20)13-8-14(17)10-15(18)9-13/h8-10,12,16,19H,3-7,11H2,1-2H3. The summed E-state index contributed by atoms with van der Waals surface area (Å²) in [4.78, 5) is 2.37. The molecule has 0 saturated carbocycles. The first kappa shape index (κ1) is 15.4. The third kappa shape index (κ3) is 3.55. The molecule has 0 aromatic heterocycles. The van der Waals surface area contributed by atoms with Crippen LogP contribution in [0.25, 0.3) is 0 Å². The molecular formula is C16H24F2N2. The Morgan fingerprint density at radius 3 is 2.55 bits per heavy atom. The maximum atomic E-state index is 13.5. The van der Waals surface area contributed by atoms with Gasteiger partial charge in [-0.1, -0.05) is 6.92 Å². The molecule has 0 aliphatic carbocycles. The molecule has 1 aliphatic heterocycles. The smallest absolute Gasteiger partial charge is 0.126 e. The Bertz CT molecular complexity index is 398. The van der Waals surface area contributed by atoms with Crippen molar-refractivity contribution in [3.05, 3.63) is 35.4 Å². The van der Waals surface area contributed by atoms with E-state index < -0.39 is 11.6 Å². The monoisotopic (exact) mass is 282 g/mol. The van der Waals surface area contributed by atoms with Gasteiger partial charge in [-0.3, -0.25) is 4.90 Å². The van der Waals surface area contributed by atoms with Gasteiger partial charge in [0.2, 0.25) is 0 Å². The van der Waals surface area contributed by atoms with Crippen LogP contribution >= 0.6 is 0 Å². The van der Waals surface area contributed by atoms with E-state index in [1.807, 2.05) is 7.05 Å². The molecular weight excluding hydrogens is 258 g/mol. The number of nitrogens with one attached hydrogen (secondary N) is 1. The molecule has 0 spiro atoms. The lowest BCUT2D eigenvalue weighted by Crippen LogP contribution is -2.42. The van der Waals surface area contributed by atoms with Gasteiger partial charge in [-0.2, -0.15) is 0 Å². The number of nitrogens with zero attached hydrogens (tertiary/aromatic N) is 1. The van der Waals surface area contributed by atoms with E-state index in [9.17, 15) is 8.78 Å². The van der Waals surface area contributed by atoms with Crippen molar-refractivity contribution in [2.75, 3.05) is 26.7 Å². The van der Waals surface area contributed by atoms with Crippen molar-refractivity contribution in [1.29, 1.82) is 0 Å². The van der Waals surface area contributed by atoms with E-state index in [-0.39, 0.29) is 6.04 Å². The van der Waals surface area contributed by atoms with Crippen LogP contribution in [0, 0.1) is 17.6 Å². The molecule has 1 N–H and O–H groups in total. The molecule has 4 heteroatoms. The molecule has 2 unspecified atom stereocenters. The highest BCUT2D eigenvalue weighted by atomic mass is 19.1. The molecule has 0 amide bonds. The summed E-state index contributed by atoms with van der Waals surface area (Å²) in [5.41, 5.74) is 0.774. The molecule has 20 heavy (non-hydrogen) atoms. The second-order valence-corrected chi connectivity index (χ2v) is 5.64. The second kappa shape index (κ2) is 7.14. The van der Waals surface area contributed by atoms with Gasteiger partial charge >= 0.3 is 0 Å². The maximum absolute atomic E-state index is 13.5. The van der Waals surface area contributed by atoms with E-state index >= 15 is 0 Å². The largest absolute Gasteiger partial charge is 0.319 e. The zero-order chi connectivity index (χ0) is 14.5. The Morgan fingerprint density at radius 2 is 1.95 bits per heavy atom. The van der Waals surface area contributed by atoms with E-state index in [0.717, 1.165) is 50.5 Å². The van der Waals surface area contributed by atoms with Gasteiger partial charge in [0.15, 0.2) is 0 Å². The van der Waals surface area contributed by atoms with Crippen LogP contribution in [0.15, 0.2) is 18.2 Å². The van der Waals surface area contributed by atoms with Crippen molar-refractivity contribution in [2.45, 2.75) is 32.2 Å². The topological polar surface area (TPSA) is 15.3 Å². The lowest BCUT2D eigenvalue weighted by Gasteiger charge is -2.41. The molecule has 0 bridgehead atoms. The lowest BCUT2D eigenvalue weighted by atomic mass is 9.84. The summed E-state index contributed by atoms with van der Waals surface area (Å²) in [6.07, 6.45) is 3.31. The number of likely N-dealkylation sites (tertiary alicyclic amines) is 1. The number of rotatable bonds is 5. The fraction of sp³-hybridized carbons (Fsp3) is 0.625. The van der Waals surface area contributed by atoms with Gasteiger partial charge in [0, 0.05) is 12.1 Å². The van der Waals surface area contributed by atoms with Crippen molar-refractivity contribution in [3.63, 3.8) is 0 Å². The molecule has 2 nitrogen and oxygen atoms in total. The minimum atomic E-state index is -0.481. The normalized spacial score (nSPS) is 24.0. The summed E-state index contributed by atoms with van der Waals surface area (Å²) < 4.78 is 27.1. The molecule has 1 aliphatic rings. The molecule has 2 rings (SSSR count). The first-order chi connectivity index (χ1) is 9.65. The van der Waals surface area contributed by atoms with E-state index in [0.29, 0.717) is 5.92 Å². The van der Waals surface area contributed by atoms with Crippen LogP contribution in [-0.2, 0) is 0 Å². The van der Waals surface area contributed by atoms with Crippen LogP contribution in [0.4, 0.5) is 8.78 Å². The van der Waals surface area contributed by atoms with Gasteiger partial charge in [-0.25, -0.2) is 8.78 Å². The van der Waals surface area contributed by atoms with Crippen molar-refractivity contribution in [3.8, 4) is 0 Å². The third-order valence-electron chi connectivity index (χ3n) is 4.06. The molecule has 2 atom stereocenters. The number of hydrogen-bond acceptors (Lipinski definition) is 2. The first-order valence-corrected chi connectivity index (χ1v) is 7.50. The van der Waals surface area contributed by atoms with Crippen LogP contribution < -0.4 is 5.32 Å². The molecule has 112 valence electrons. The van der Waals surface area contributed by atoms with Gasteiger partial charge in [-0.15, -0.1) is 0 Å². The molecule has 1 aromatic rings. The van der Waals surface area contributed by atoms with Crippen LogP contribution in [-0.4, -0.2) is 31.6 Å². The average Bonchev–Trinajstić information content (AvgIpc) is 2.38. The Labute approximate surface area is 120 Å². The Balaban J connectivity index is 2.32. The van der Waals surface area contributed by atoms with Gasteiger partial charge in [0.25, 0.3) is 0 Å². The summed E-state index contributed by atoms with van der Waals surface area (Å²) in [6, 6.07) is 4.04. The summed E-state index contributed by atoms with van der Waals surface area (Å²) in [7, 11) is 1.93. The van der Waals surface area contributed by atoms with Crippen molar-refractivity contribution in [1.82, 2.24) is 10.2 Å². The summed E-state index contributed by atoms with van der Waals surface area (Å²) in [6.45, 7) is 5.01. The Kier molecular flexibility index (Phi) is 5.49. The Morgan fingerprint density at radius 1 is 1.25 bits per heavy atom. The maximum Gasteiger partial charge on any atom is 0.126 e. The zero-order valence-corrected chi connectivity index (χ0v) is 12.3. The van der Waals surface area contributed by atoms with Crippen LogP contribution in [0.2, 0.25) is 0 Å². The van der Waals surface area contributed by atoms with E-state index in [1.54, 1.807) is 0 Å². The second-order valence-electron chi connectivity index (χ2n) is 5.64. The van der Waals surface area contributed by atoms with Gasteiger partial charge in [0.05, 0.1) is 0 Å². The van der Waals surface area contributed by atoms with E-state index in [2.05, 4.69) is 17.1 Å². The van der Waals surface area contributed by atoms with Crippen molar-refractivity contribution < 1.29 is 8.78 Å². The van der Waals surface area contributed by atoms with Gasteiger partial charge in [-0.05, 0) is 69.6 Å². The van der Waals surface area contributed by atoms with E-state index in [1.165, 1.54) is 12.1 Å². The minimum Gasteiger partial charge on any atom is -0.319 e. The lowest BCUT2D eigenvalue weighted by molar-refractivity contribution is 0.0920. The third-order valence-corrected chi connectivity index (χ3v) is 4.06. The minimum absolute atomic E-state index is 0.112. The first-order valence-electron chi connectivity index (χ1n) is 7.50. The molecule has 1 fully saturated rings. The van der Waals surface area contributed by atoms with Gasteiger partial charge < -0.3 is 5.32 Å². The predicted octanol–water partition coefficient (Wildman–Crippen LogP) is 3.35. The molecule has 1 heterocycles. The van der Waals surface area contributed by atoms with Crippen LogP contribution in [0.3, 0.4) is 0 Å².